The molecule has 2 unspecified atom stereocenters. The van der Waals surface area contributed by atoms with Crippen LogP contribution in [0.15, 0.2) is 24.3 Å². The van der Waals surface area contributed by atoms with E-state index >= 15 is 0 Å². The molecule has 2 saturated heterocycles. The molecule has 3 rings (SSSR count). The molecule has 2 heterocycles. The molecule has 7 heteroatoms. The molecule has 0 bridgehead atoms. The lowest BCUT2D eigenvalue weighted by molar-refractivity contribution is -0.146. The van der Waals surface area contributed by atoms with Crippen LogP contribution in [-0.2, 0) is 25.5 Å². The Morgan fingerprint density at radius 1 is 1.27 bits per heavy atom. The Hall–Kier alpha value is -2.44. The fourth-order valence-corrected chi connectivity index (χ4v) is 4.62. The number of esters is 1. The topological polar surface area (TPSA) is 75.7 Å². The molecule has 1 N–H and O–H groups in total. The van der Waals surface area contributed by atoms with Crippen LogP contribution in [0.25, 0.3) is 0 Å². The zero-order valence-electron chi connectivity index (χ0n) is 17.6. The number of ether oxygens (including phenoxy) is 1. The van der Waals surface area contributed by atoms with Gasteiger partial charge in [0.05, 0.1) is 13.0 Å². The monoisotopic (exact) mass is 418 g/mol. The van der Waals surface area contributed by atoms with Crippen molar-refractivity contribution in [3.05, 3.63) is 35.6 Å². The quantitative estimate of drug-likeness (QED) is 0.658. The molecule has 6 nitrogen and oxygen atoms in total. The van der Waals surface area contributed by atoms with E-state index in [4.69, 9.17) is 4.74 Å². The number of halogens is 1. The van der Waals surface area contributed by atoms with Crippen molar-refractivity contribution in [3.8, 4) is 0 Å². The number of nitrogens with zero attached hydrogens (tertiary/aromatic N) is 1. The second kappa shape index (κ2) is 10.0. The molecule has 1 aromatic carbocycles. The maximum atomic E-state index is 13.2. The number of benzene rings is 1. The van der Waals surface area contributed by atoms with E-state index in [0.29, 0.717) is 45.3 Å². The van der Waals surface area contributed by atoms with Crippen molar-refractivity contribution in [2.45, 2.75) is 76.3 Å². The molecule has 2 amide bonds. The van der Waals surface area contributed by atoms with Crippen molar-refractivity contribution in [3.63, 3.8) is 0 Å². The zero-order valence-corrected chi connectivity index (χ0v) is 17.6. The SMILES string of the molecule is CCOC(=O)CC1CCCCN1C(=O)CCC1(Cc2ccc(F)cc2)CCC(=O)N1. The van der Waals surface area contributed by atoms with Crippen molar-refractivity contribution in [2.24, 2.45) is 0 Å². The third kappa shape index (κ3) is 5.80. The molecule has 2 fully saturated rings. The van der Waals surface area contributed by atoms with Gasteiger partial charge in [0.15, 0.2) is 0 Å². The van der Waals surface area contributed by atoms with Crippen LogP contribution in [-0.4, -0.2) is 47.4 Å². The summed E-state index contributed by atoms with van der Waals surface area (Å²) in [6.45, 7) is 2.77. The largest absolute Gasteiger partial charge is 0.466 e. The summed E-state index contributed by atoms with van der Waals surface area (Å²) < 4.78 is 18.3. The molecule has 164 valence electrons. The van der Waals surface area contributed by atoms with Gasteiger partial charge < -0.3 is 15.0 Å². The average molecular weight is 419 g/mol. The van der Waals surface area contributed by atoms with Crippen molar-refractivity contribution in [1.82, 2.24) is 10.2 Å². The fraction of sp³-hybridized carbons (Fsp3) is 0.609. The smallest absolute Gasteiger partial charge is 0.307 e. The van der Waals surface area contributed by atoms with Crippen molar-refractivity contribution >= 4 is 17.8 Å². The standard InChI is InChI=1S/C23H31FN2O4/c1-2-30-22(29)15-19-5-3-4-14-26(19)21(28)11-13-23(12-10-20(27)25-23)16-17-6-8-18(24)9-7-17/h6-9,19H,2-5,10-16H2,1H3,(H,25,27). The number of likely N-dealkylation sites (tertiary alicyclic amines) is 1. The summed E-state index contributed by atoms with van der Waals surface area (Å²) in [5, 5.41) is 3.07. The van der Waals surface area contributed by atoms with E-state index in [1.165, 1.54) is 12.1 Å². The minimum atomic E-state index is -0.489. The second-order valence-corrected chi connectivity index (χ2v) is 8.38. The van der Waals surface area contributed by atoms with Crippen LogP contribution in [0.2, 0.25) is 0 Å². The number of carbonyl (C=O) groups is 3. The highest BCUT2D eigenvalue weighted by molar-refractivity contribution is 5.81. The lowest BCUT2D eigenvalue weighted by Gasteiger charge is -2.36. The van der Waals surface area contributed by atoms with Gasteiger partial charge >= 0.3 is 5.97 Å². The number of rotatable bonds is 8. The Morgan fingerprint density at radius 2 is 2.03 bits per heavy atom. The fourth-order valence-electron chi connectivity index (χ4n) is 4.62. The number of hydrogen-bond acceptors (Lipinski definition) is 4. The van der Waals surface area contributed by atoms with E-state index < -0.39 is 5.54 Å². The van der Waals surface area contributed by atoms with Crippen molar-refractivity contribution in [1.29, 1.82) is 0 Å². The van der Waals surface area contributed by atoms with Crippen LogP contribution < -0.4 is 5.32 Å². The van der Waals surface area contributed by atoms with E-state index in [9.17, 15) is 18.8 Å². The summed E-state index contributed by atoms with van der Waals surface area (Å²) >= 11 is 0. The highest BCUT2D eigenvalue weighted by atomic mass is 19.1. The van der Waals surface area contributed by atoms with Gasteiger partial charge in [0, 0.05) is 31.0 Å². The first-order valence-corrected chi connectivity index (χ1v) is 10.9. The molecule has 30 heavy (non-hydrogen) atoms. The zero-order chi connectivity index (χ0) is 21.6. The summed E-state index contributed by atoms with van der Waals surface area (Å²) in [7, 11) is 0. The van der Waals surface area contributed by atoms with Crippen LogP contribution >= 0.6 is 0 Å². The normalized spacial score (nSPS) is 23.9. The minimum absolute atomic E-state index is 0.0114. The average Bonchev–Trinajstić information content (AvgIpc) is 3.09. The molecule has 2 aliphatic heterocycles. The summed E-state index contributed by atoms with van der Waals surface area (Å²) in [5.74, 6) is -0.555. The summed E-state index contributed by atoms with van der Waals surface area (Å²) in [6.07, 6.45) is 5.46. The first-order chi connectivity index (χ1) is 14.4. The third-order valence-electron chi connectivity index (χ3n) is 6.16. The van der Waals surface area contributed by atoms with Gasteiger partial charge in [-0.25, -0.2) is 4.39 Å². The van der Waals surface area contributed by atoms with Crippen LogP contribution in [0, 0.1) is 5.82 Å². The summed E-state index contributed by atoms with van der Waals surface area (Å²) in [4.78, 5) is 38.8. The predicted octanol–water partition coefficient (Wildman–Crippen LogP) is 3.13. The third-order valence-corrected chi connectivity index (χ3v) is 6.16. The minimum Gasteiger partial charge on any atom is -0.466 e. The molecular weight excluding hydrogens is 387 g/mol. The molecular formula is C23H31FN2O4. The number of carbonyl (C=O) groups excluding carboxylic acids is 3. The molecule has 0 aromatic heterocycles. The van der Waals surface area contributed by atoms with E-state index in [1.54, 1.807) is 19.1 Å². The maximum absolute atomic E-state index is 13.2. The van der Waals surface area contributed by atoms with Gasteiger partial charge in [0.25, 0.3) is 0 Å². The van der Waals surface area contributed by atoms with E-state index in [1.807, 2.05) is 4.90 Å². The number of hydrogen-bond donors (Lipinski definition) is 1. The van der Waals surface area contributed by atoms with Gasteiger partial charge in [-0.1, -0.05) is 12.1 Å². The molecule has 0 aliphatic carbocycles. The van der Waals surface area contributed by atoms with E-state index in [-0.39, 0.29) is 36.1 Å². The number of piperidine rings is 1. The Kier molecular flexibility index (Phi) is 7.45. The molecule has 2 aliphatic rings. The molecule has 0 radical (unpaired) electrons. The summed E-state index contributed by atoms with van der Waals surface area (Å²) in [6, 6.07) is 6.17. The first-order valence-electron chi connectivity index (χ1n) is 10.9. The van der Waals surface area contributed by atoms with Crippen molar-refractivity contribution in [2.75, 3.05) is 13.2 Å². The van der Waals surface area contributed by atoms with E-state index in [0.717, 1.165) is 24.8 Å². The maximum Gasteiger partial charge on any atom is 0.307 e. The highest BCUT2D eigenvalue weighted by Gasteiger charge is 2.39. The first kappa shape index (κ1) is 22.2. The van der Waals surface area contributed by atoms with Gasteiger partial charge in [-0.3, -0.25) is 14.4 Å². The van der Waals surface area contributed by atoms with Crippen LogP contribution in [0.4, 0.5) is 4.39 Å². The van der Waals surface area contributed by atoms with Crippen LogP contribution in [0.3, 0.4) is 0 Å². The lowest BCUT2D eigenvalue weighted by Crippen LogP contribution is -2.47. The number of nitrogens with one attached hydrogen (secondary N) is 1. The Balaban J connectivity index is 1.63. The predicted molar refractivity (Wildman–Crippen MR) is 110 cm³/mol. The Morgan fingerprint density at radius 3 is 2.70 bits per heavy atom. The Labute approximate surface area is 177 Å². The highest BCUT2D eigenvalue weighted by Crippen LogP contribution is 2.31. The van der Waals surface area contributed by atoms with E-state index in [2.05, 4.69) is 5.32 Å². The van der Waals surface area contributed by atoms with Gasteiger partial charge in [-0.15, -0.1) is 0 Å². The van der Waals surface area contributed by atoms with Gasteiger partial charge in [0.1, 0.15) is 5.82 Å². The van der Waals surface area contributed by atoms with Gasteiger partial charge in [-0.05, 0) is 63.1 Å². The van der Waals surface area contributed by atoms with Crippen molar-refractivity contribution < 1.29 is 23.5 Å². The molecule has 2 atom stereocenters. The molecule has 0 spiro atoms. The van der Waals surface area contributed by atoms with Gasteiger partial charge in [-0.2, -0.15) is 0 Å². The molecule has 1 aromatic rings. The van der Waals surface area contributed by atoms with Crippen LogP contribution in [0.1, 0.15) is 63.9 Å². The lowest BCUT2D eigenvalue weighted by atomic mass is 9.84. The molecule has 0 saturated carbocycles. The second-order valence-electron chi connectivity index (χ2n) is 8.38. The number of amides is 2. The summed E-state index contributed by atoms with van der Waals surface area (Å²) in [5.41, 5.74) is 0.445. The van der Waals surface area contributed by atoms with Gasteiger partial charge in [0.2, 0.25) is 11.8 Å². The Bertz CT molecular complexity index is 767. The van der Waals surface area contributed by atoms with Crippen LogP contribution in [0.5, 0.6) is 0 Å².